The molecule has 0 atom stereocenters. The Bertz CT molecular complexity index is 883. The summed E-state index contributed by atoms with van der Waals surface area (Å²) in [5.74, 6) is 0. The van der Waals surface area contributed by atoms with E-state index >= 15 is 0 Å². The van der Waals surface area contributed by atoms with Crippen LogP contribution < -0.4 is 0 Å². The van der Waals surface area contributed by atoms with E-state index in [-0.39, 0.29) is 0 Å². The Balaban J connectivity index is 1.86. The highest BCUT2D eigenvalue weighted by Crippen LogP contribution is 2.41. The van der Waals surface area contributed by atoms with Gasteiger partial charge in [0.15, 0.2) is 0 Å². The summed E-state index contributed by atoms with van der Waals surface area (Å²) in [7, 11) is 0. The minimum Gasteiger partial charge on any atom is -0.0845 e. The van der Waals surface area contributed by atoms with Crippen molar-refractivity contribution >= 4 is 0 Å². The van der Waals surface area contributed by atoms with Crippen LogP contribution in [0.3, 0.4) is 0 Å². The zero-order valence-corrected chi connectivity index (χ0v) is 24.8. The van der Waals surface area contributed by atoms with Crippen LogP contribution >= 0.6 is 0 Å². The fourth-order valence-corrected chi connectivity index (χ4v) is 7.17. The van der Waals surface area contributed by atoms with Crippen molar-refractivity contribution in [2.24, 2.45) is 0 Å². The molecular formula is C38H58. The van der Waals surface area contributed by atoms with Gasteiger partial charge in [-0.2, -0.15) is 0 Å². The highest BCUT2D eigenvalue weighted by molar-refractivity contribution is 5.62. The number of allylic oxidation sites excluding steroid dienone is 12. The molecular weight excluding hydrogens is 456 g/mol. The Morgan fingerprint density at radius 2 is 0.842 bits per heavy atom. The van der Waals surface area contributed by atoms with Gasteiger partial charge in [-0.1, -0.05) is 101 Å². The van der Waals surface area contributed by atoms with Gasteiger partial charge in [-0.05, 0) is 136 Å². The largest absolute Gasteiger partial charge is 0.0845 e. The molecule has 0 aromatic heterocycles. The van der Waals surface area contributed by atoms with E-state index < -0.39 is 0 Å². The summed E-state index contributed by atoms with van der Waals surface area (Å²) >= 11 is 0. The van der Waals surface area contributed by atoms with Crippen LogP contribution in [0.25, 0.3) is 0 Å². The van der Waals surface area contributed by atoms with Crippen molar-refractivity contribution in [2.75, 3.05) is 0 Å². The number of rotatable bonds is 3. The maximum atomic E-state index is 2.73. The standard InChI is InChI=1S/C38H58/c1-2-9-17-25-33(26-18-10-3-1)36-31-23-15-8-16-24-32-37(34-27-19-11-4-5-12-20-28-34)38(36)35-29-21-13-6-7-14-22-30-35/h13,21,25,27,29,31H,1-12,14-20,22-24,26,28,30,32H2. The second kappa shape index (κ2) is 17.9. The zero-order valence-electron chi connectivity index (χ0n) is 24.8. The summed E-state index contributed by atoms with van der Waals surface area (Å²) in [6.45, 7) is 0. The van der Waals surface area contributed by atoms with E-state index in [0.717, 1.165) is 0 Å². The SMILES string of the molecule is C1=CCCCCCC(C2=C(C3=CCCCCCCC3)CCCCCCC=C2C2=CCCCCCCCC2)=C1. The topological polar surface area (TPSA) is 0 Å². The van der Waals surface area contributed by atoms with E-state index in [2.05, 4.69) is 36.5 Å². The second-order valence-electron chi connectivity index (χ2n) is 12.6. The first-order chi connectivity index (χ1) is 18.9. The van der Waals surface area contributed by atoms with Crippen LogP contribution in [0.15, 0.2) is 69.9 Å². The lowest BCUT2D eigenvalue weighted by Gasteiger charge is -2.27. The van der Waals surface area contributed by atoms with Crippen LogP contribution in [0.1, 0.15) is 167 Å². The minimum absolute atomic E-state index is 1.24. The predicted octanol–water partition coefficient (Wildman–Crippen LogP) is 12.7. The van der Waals surface area contributed by atoms with Crippen LogP contribution in [0.5, 0.6) is 0 Å². The normalized spacial score (nSPS) is 24.6. The van der Waals surface area contributed by atoms with Gasteiger partial charge in [-0.25, -0.2) is 0 Å². The van der Waals surface area contributed by atoms with E-state index in [4.69, 9.17) is 0 Å². The molecule has 0 N–H and O–H groups in total. The molecule has 0 aromatic rings. The Kier molecular flexibility index (Phi) is 13.9. The molecule has 0 heteroatoms. The molecule has 38 heavy (non-hydrogen) atoms. The van der Waals surface area contributed by atoms with Crippen LogP contribution in [0, 0.1) is 0 Å². The molecule has 0 heterocycles. The van der Waals surface area contributed by atoms with Crippen LogP contribution in [-0.2, 0) is 0 Å². The summed E-state index contributed by atoms with van der Waals surface area (Å²) in [6.07, 6.45) is 50.8. The Morgan fingerprint density at radius 3 is 1.55 bits per heavy atom. The maximum Gasteiger partial charge on any atom is -0.0118 e. The third-order valence-corrected chi connectivity index (χ3v) is 9.44. The van der Waals surface area contributed by atoms with E-state index in [0.29, 0.717) is 0 Å². The summed E-state index contributed by atoms with van der Waals surface area (Å²) in [4.78, 5) is 0. The molecule has 0 amide bonds. The molecule has 0 saturated heterocycles. The monoisotopic (exact) mass is 514 g/mol. The van der Waals surface area contributed by atoms with Crippen LogP contribution in [0.2, 0.25) is 0 Å². The third kappa shape index (κ3) is 9.88. The molecule has 0 aromatic carbocycles. The third-order valence-electron chi connectivity index (χ3n) is 9.44. The molecule has 4 aliphatic rings. The van der Waals surface area contributed by atoms with Gasteiger partial charge >= 0.3 is 0 Å². The van der Waals surface area contributed by atoms with Crippen LogP contribution in [-0.4, -0.2) is 0 Å². The Hall–Kier alpha value is -1.56. The van der Waals surface area contributed by atoms with Gasteiger partial charge in [0.25, 0.3) is 0 Å². The fourth-order valence-electron chi connectivity index (χ4n) is 7.17. The fraction of sp³-hybridized carbons (Fsp3) is 0.684. The molecule has 0 saturated carbocycles. The number of hydrogen-bond donors (Lipinski definition) is 0. The summed E-state index contributed by atoms with van der Waals surface area (Å²) in [5, 5.41) is 0. The first-order valence-corrected chi connectivity index (χ1v) is 17.1. The van der Waals surface area contributed by atoms with Gasteiger partial charge < -0.3 is 0 Å². The van der Waals surface area contributed by atoms with Gasteiger partial charge in [0.2, 0.25) is 0 Å². The smallest absolute Gasteiger partial charge is 0.0118 e. The molecule has 0 radical (unpaired) electrons. The average Bonchev–Trinajstić information content (AvgIpc) is 3.17. The van der Waals surface area contributed by atoms with E-state index in [9.17, 15) is 0 Å². The highest BCUT2D eigenvalue weighted by Gasteiger charge is 2.22. The summed E-state index contributed by atoms with van der Waals surface area (Å²) in [5.41, 5.74) is 10.2. The van der Waals surface area contributed by atoms with Crippen molar-refractivity contribution in [3.8, 4) is 0 Å². The van der Waals surface area contributed by atoms with Gasteiger partial charge in [-0.15, -0.1) is 0 Å². The van der Waals surface area contributed by atoms with Gasteiger partial charge in [0.05, 0.1) is 0 Å². The van der Waals surface area contributed by atoms with E-state index in [1.807, 2.05) is 0 Å². The molecule has 0 fully saturated rings. The van der Waals surface area contributed by atoms with Crippen molar-refractivity contribution < 1.29 is 0 Å². The van der Waals surface area contributed by atoms with Gasteiger partial charge in [0.1, 0.15) is 0 Å². The summed E-state index contributed by atoms with van der Waals surface area (Å²) < 4.78 is 0. The first-order valence-electron chi connectivity index (χ1n) is 17.1. The van der Waals surface area contributed by atoms with Crippen molar-refractivity contribution in [1.29, 1.82) is 0 Å². The predicted molar refractivity (Wildman–Crippen MR) is 169 cm³/mol. The molecule has 0 spiro atoms. The number of hydrogen-bond acceptors (Lipinski definition) is 0. The first kappa shape index (κ1) is 29.4. The van der Waals surface area contributed by atoms with Crippen molar-refractivity contribution in [1.82, 2.24) is 0 Å². The molecule has 0 aliphatic heterocycles. The summed E-state index contributed by atoms with van der Waals surface area (Å²) in [6, 6.07) is 0. The molecule has 0 unspecified atom stereocenters. The average molecular weight is 515 g/mol. The second-order valence-corrected chi connectivity index (χ2v) is 12.6. The van der Waals surface area contributed by atoms with Crippen LogP contribution in [0.4, 0.5) is 0 Å². The molecule has 0 nitrogen and oxygen atoms in total. The molecule has 4 aliphatic carbocycles. The highest BCUT2D eigenvalue weighted by atomic mass is 14.3. The van der Waals surface area contributed by atoms with Crippen molar-refractivity contribution in [2.45, 2.75) is 167 Å². The zero-order chi connectivity index (χ0) is 26.1. The minimum atomic E-state index is 1.24. The van der Waals surface area contributed by atoms with E-state index in [1.54, 1.807) is 33.4 Å². The van der Waals surface area contributed by atoms with E-state index in [1.165, 1.54) is 167 Å². The van der Waals surface area contributed by atoms with Gasteiger partial charge in [0, 0.05) is 0 Å². The Labute approximate surface area is 236 Å². The lowest BCUT2D eigenvalue weighted by molar-refractivity contribution is 0.586. The maximum absolute atomic E-state index is 2.73. The molecule has 210 valence electrons. The van der Waals surface area contributed by atoms with Crippen molar-refractivity contribution in [3.05, 3.63) is 69.9 Å². The lowest BCUT2D eigenvalue weighted by atomic mass is 9.78. The quantitative estimate of drug-likeness (QED) is 0.351. The Morgan fingerprint density at radius 1 is 0.368 bits per heavy atom. The van der Waals surface area contributed by atoms with Gasteiger partial charge in [-0.3, -0.25) is 0 Å². The molecule has 0 bridgehead atoms. The van der Waals surface area contributed by atoms with Crippen molar-refractivity contribution in [3.63, 3.8) is 0 Å². The lowest BCUT2D eigenvalue weighted by Crippen LogP contribution is -2.08. The molecule has 4 rings (SSSR count).